The van der Waals surface area contributed by atoms with Crippen molar-refractivity contribution in [1.29, 1.82) is 0 Å². The molecule has 1 heterocycles. The summed E-state index contributed by atoms with van der Waals surface area (Å²) in [6.45, 7) is 0.283. The predicted molar refractivity (Wildman–Crippen MR) is 131 cm³/mol. The van der Waals surface area contributed by atoms with Gasteiger partial charge in [-0.1, -0.05) is 12.1 Å². The first kappa shape index (κ1) is 23.6. The Morgan fingerprint density at radius 3 is 2.31 bits per heavy atom. The molecule has 0 spiro atoms. The summed E-state index contributed by atoms with van der Waals surface area (Å²) < 4.78 is 21.7. The third kappa shape index (κ3) is 5.86. The van der Waals surface area contributed by atoms with Crippen LogP contribution in [0.2, 0.25) is 0 Å². The zero-order chi connectivity index (χ0) is 24.6. The number of ether oxygens (including phenoxy) is 4. The van der Waals surface area contributed by atoms with Gasteiger partial charge in [0.2, 0.25) is 5.88 Å². The van der Waals surface area contributed by atoms with E-state index in [-0.39, 0.29) is 12.5 Å². The second-order valence-corrected chi connectivity index (χ2v) is 7.44. The summed E-state index contributed by atoms with van der Waals surface area (Å²) >= 11 is 0. The molecule has 1 N–H and O–H groups in total. The number of methoxy groups -OCH3 is 3. The number of nitrogens with zero attached hydrogens (tertiary/aromatic N) is 2. The minimum Gasteiger partial charge on any atom is -0.497 e. The van der Waals surface area contributed by atoms with E-state index in [1.54, 1.807) is 88.2 Å². The van der Waals surface area contributed by atoms with Crippen molar-refractivity contribution in [2.75, 3.05) is 21.3 Å². The van der Waals surface area contributed by atoms with Crippen LogP contribution in [0.1, 0.15) is 15.9 Å². The average Bonchev–Trinajstić information content (AvgIpc) is 2.92. The molecule has 3 aromatic carbocycles. The molecule has 178 valence electrons. The molecule has 0 bridgehead atoms. The van der Waals surface area contributed by atoms with Crippen LogP contribution < -0.4 is 24.3 Å². The van der Waals surface area contributed by atoms with E-state index in [0.717, 1.165) is 11.3 Å². The Balaban J connectivity index is 1.48. The molecule has 0 fully saturated rings. The average molecular weight is 472 g/mol. The number of rotatable bonds is 9. The summed E-state index contributed by atoms with van der Waals surface area (Å²) in [5.74, 6) is 3.31. The van der Waals surface area contributed by atoms with Crippen molar-refractivity contribution in [3.05, 3.63) is 90.1 Å². The Morgan fingerprint density at radius 1 is 0.829 bits per heavy atom. The largest absolute Gasteiger partial charge is 0.497 e. The molecule has 4 rings (SSSR count). The zero-order valence-corrected chi connectivity index (χ0v) is 19.6. The van der Waals surface area contributed by atoms with Crippen LogP contribution in [-0.4, -0.2) is 37.2 Å². The summed E-state index contributed by atoms with van der Waals surface area (Å²) in [5.41, 5.74) is 1.98. The van der Waals surface area contributed by atoms with Gasteiger partial charge in [-0.2, -0.15) is 4.98 Å². The van der Waals surface area contributed by atoms with Gasteiger partial charge < -0.3 is 24.3 Å². The van der Waals surface area contributed by atoms with Gasteiger partial charge in [0.25, 0.3) is 5.91 Å². The summed E-state index contributed by atoms with van der Waals surface area (Å²) in [5, 5.41) is 2.92. The molecule has 0 radical (unpaired) electrons. The van der Waals surface area contributed by atoms with E-state index >= 15 is 0 Å². The fourth-order valence-electron chi connectivity index (χ4n) is 3.40. The lowest BCUT2D eigenvalue weighted by Gasteiger charge is -2.12. The van der Waals surface area contributed by atoms with Crippen LogP contribution in [0.4, 0.5) is 0 Å². The van der Waals surface area contributed by atoms with Crippen molar-refractivity contribution < 1.29 is 23.7 Å². The Morgan fingerprint density at radius 2 is 1.57 bits per heavy atom. The number of hydrogen-bond donors (Lipinski definition) is 1. The molecular formula is C27H25N3O5. The van der Waals surface area contributed by atoms with E-state index in [1.165, 1.54) is 0 Å². The maximum absolute atomic E-state index is 12.9. The maximum atomic E-state index is 12.9. The second kappa shape index (κ2) is 11.0. The Bertz CT molecular complexity index is 1310. The van der Waals surface area contributed by atoms with Gasteiger partial charge in [0.05, 0.1) is 21.3 Å². The van der Waals surface area contributed by atoms with Gasteiger partial charge in [-0.15, -0.1) is 0 Å². The van der Waals surface area contributed by atoms with Crippen LogP contribution in [0.5, 0.6) is 28.9 Å². The van der Waals surface area contributed by atoms with Gasteiger partial charge in [0, 0.05) is 35.5 Å². The van der Waals surface area contributed by atoms with Gasteiger partial charge in [-0.05, 0) is 54.6 Å². The Labute approximate surface area is 203 Å². The second-order valence-electron chi connectivity index (χ2n) is 7.44. The van der Waals surface area contributed by atoms with Gasteiger partial charge >= 0.3 is 0 Å². The third-order valence-electron chi connectivity index (χ3n) is 5.22. The van der Waals surface area contributed by atoms with Crippen molar-refractivity contribution in [1.82, 2.24) is 15.3 Å². The van der Waals surface area contributed by atoms with Crippen LogP contribution in [0.3, 0.4) is 0 Å². The minimum absolute atomic E-state index is 0.234. The summed E-state index contributed by atoms with van der Waals surface area (Å²) in [7, 11) is 4.79. The third-order valence-corrected chi connectivity index (χ3v) is 5.22. The molecule has 1 aromatic heterocycles. The first-order valence-electron chi connectivity index (χ1n) is 10.8. The molecule has 8 nitrogen and oxygen atoms in total. The molecule has 0 unspecified atom stereocenters. The van der Waals surface area contributed by atoms with Gasteiger partial charge in [0.15, 0.2) is 5.82 Å². The van der Waals surface area contributed by atoms with Crippen LogP contribution >= 0.6 is 0 Å². The maximum Gasteiger partial charge on any atom is 0.251 e. The molecule has 0 aliphatic rings. The summed E-state index contributed by atoms with van der Waals surface area (Å²) in [4.78, 5) is 21.7. The SMILES string of the molecule is COc1ccc(Oc2ccnc(-c3cccc(C(=O)NCc4cc(OC)ccc4OC)c3)n2)cc1. The highest BCUT2D eigenvalue weighted by molar-refractivity contribution is 5.95. The zero-order valence-electron chi connectivity index (χ0n) is 19.6. The molecule has 8 heteroatoms. The van der Waals surface area contributed by atoms with E-state index < -0.39 is 0 Å². The lowest BCUT2D eigenvalue weighted by Crippen LogP contribution is -2.23. The van der Waals surface area contributed by atoms with E-state index in [9.17, 15) is 4.79 Å². The highest BCUT2D eigenvalue weighted by atomic mass is 16.5. The van der Waals surface area contributed by atoms with E-state index in [0.29, 0.717) is 40.1 Å². The minimum atomic E-state index is -0.234. The molecule has 4 aromatic rings. The van der Waals surface area contributed by atoms with Crippen molar-refractivity contribution in [2.45, 2.75) is 6.54 Å². The fraction of sp³-hybridized carbons (Fsp3) is 0.148. The lowest BCUT2D eigenvalue weighted by molar-refractivity contribution is 0.0950. The standard InChI is InChI=1S/C27H25N3O5/c1-32-21-7-9-22(10-8-21)35-25-13-14-28-26(30-25)18-5-4-6-19(15-18)27(31)29-17-20-16-23(33-2)11-12-24(20)34-3/h4-16H,17H2,1-3H3,(H,29,31). The number of aromatic nitrogens is 2. The van der Waals surface area contributed by atoms with Gasteiger partial charge in [0.1, 0.15) is 23.0 Å². The summed E-state index contributed by atoms with van der Waals surface area (Å²) in [6.07, 6.45) is 1.61. The first-order chi connectivity index (χ1) is 17.1. The smallest absolute Gasteiger partial charge is 0.251 e. The first-order valence-corrected chi connectivity index (χ1v) is 10.8. The lowest BCUT2D eigenvalue weighted by atomic mass is 10.1. The molecule has 0 aliphatic heterocycles. The van der Waals surface area contributed by atoms with Crippen LogP contribution in [0.25, 0.3) is 11.4 Å². The molecule has 0 aliphatic carbocycles. The highest BCUT2D eigenvalue weighted by Gasteiger charge is 2.12. The number of carbonyl (C=O) groups excluding carboxylic acids is 1. The van der Waals surface area contributed by atoms with Gasteiger partial charge in [-0.3, -0.25) is 4.79 Å². The van der Waals surface area contributed by atoms with Crippen LogP contribution in [0.15, 0.2) is 79.0 Å². The normalized spacial score (nSPS) is 10.4. The Hall–Kier alpha value is -4.59. The van der Waals surface area contributed by atoms with Gasteiger partial charge in [-0.25, -0.2) is 4.98 Å². The van der Waals surface area contributed by atoms with Crippen LogP contribution in [-0.2, 0) is 6.54 Å². The van der Waals surface area contributed by atoms with Crippen molar-refractivity contribution in [3.8, 4) is 40.3 Å². The quantitative estimate of drug-likeness (QED) is 0.372. The van der Waals surface area contributed by atoms with Crippen molar-refractivity contribution in [3.63, 3.8) is 0 Å². The molecule has 1 amide bonds. The van der Waals surface area contributed by atoms with Crippen molar-refractivity contribution >= 4 is 5.91 Å². The van der Waals surface area contributed by atoms with E-state index in [2.05, 4.69) is 15.3 Å². The topological polar surface area (TPSA) is 91.8 Å². The number of benzene rings is 3. The number of amides is 1. The molecule has 0 saturated heterocycles. The van der Waals surface area contributed by atoms with E-state index in [1.807, 2.05) is 12.1 Å². The molecule has 0 saturated carbocycles. The van der Waals surface area contributed by atoms with Crippen molar-refractivity contribution in [2.24, 2.45) is 0 Å². The molecular weight excluding hydrogens is 446 g/mol. The summed E-state index contributed by atoms with van der Waals surface area (Å²) in [6, 6.07) is 21.4. The monoisotopic (exact) mass is 471 g/mol. The molecule has 0 atom stereocenters. The number of nitrogens with one attached hydrogen (secondary N) is 1. The predicted octanol–water partition coefficient (Wildman–Crippen LogP) is 4.89. The fourth-order valence-corrected chi connectivity index (χ4v) is 3.40. The number of hydrogen-bond acceptors (Lipinski definition) is 7. The molecule has 35 heavy (non-hydrogen) atoms. The Kier molecular flexibility index (Phi) is 7.42. The van der Waals surface area contributed by atoms with E-state index in [4.69, 9.17) is 18.9 Å². The highest BCUT2D eigenvalue weighted by Crippen LogP contribution is 2.26. The van der Waals surface area contributed by atoms with Crippen LogP contribution in [0, 0.1) is 0 Å². The number of carbonyl (C=O) groups is 1.